The number of hydrogen-bond donors (Lipinski definition) is 1. The fourth-order valence-electron chi connectivity index (χ4n) is 2.01. The number of benzene rings is 1. The lowest BCUT2D eigenvalue weighted by atomic mass is 9.91. The van der Waals surface area contributed by atoms with Crippen LogP contribution in [0.25, 0.3) is 0 Å². The van der Waals surface area contributed by atoms with Crippen LogP contribution in [0.3, 0.4) is 0 Å². The van der Waals surface area contributed by atoms with Crippen LogP contribution in [0.5, 0.6) is 0 Å². The van der Waals surface area contributed by atoms with Gasteiger partial charge in [0.05, 0.1) is 5.60 Å². The molecule has 0 amide bonds. The Morgan fingerprint density at radius 1 is 1.28 bits per heavy atom. The smallest absolute Gasteiger partial charge is 0.138 e. The molecule has 0 saturated heterocycles. The molecule has 0 saturated carbocycles. The van der Waals surface area contributed by atoms with Crippen molar-refractivity contribution >= 4 is 0 Å². The quantitative estimate of drug-likeness (QED) is 0.897. The summed E-state index contributed by atoms with van der Waals surface area (Å²) in [4.78, 5) is 4.21. The molecule has 0 spiro atoms. The van der Waals surface area contributed by atoms with Gasteiger partial charge in [-0.15, -0.1) is 0 Å². The lowest BCUT2D eigenvalue weighted by Crippen LogP contribution is -2.26. The van der Waals surface area contributed by atoms with Gasteiger partial charge >= 0.3 is 0 Å². The van der Waals surface area contributed by atoms with Crippen molar-refractivity contribution in [3.8, 4) is 0 Å². The number of nitrogens with zero attached hydrogens (tertiary/aromatic N) is 3. The molecule has 0 aliphatic carbocycles. The molecule has 0 bridgehead atoms. The third-order valence-electron chi connectivity index (χ3n) is 3.17. The molecule has 1 N–H and O–H groups in total. The van der Waals surface area contributed by atoms with Crippen molar-refractivity contribution in [2.24, 2.45) is 0 Å². The van der Waals surface area contributed by atoms with E-state index in [9.17, 15) is 5.11 Å². The van der Waals surface area contributed by atoms with Crippen LogP contribution in [0.4, 0.5) is 0 Å². The summed E-state index contributed by atoms with van der Waals surface area (Å²) in [5, 5.41) is 14.7. The van der Waals surface area contributed by atoms with Crippen molar-refractivity contribution < 1.29 is 5.11 Å². The first-order valence-electron chi connectivity index (χ1n) is 6.19. The highest BCUT2D eigenvalue weighted by Crippen LogP contribution is 2.24. The maximum absolute atomic E-state index is 10.6. The highest BCUT2D eigenvalue weighted by molar-refractivity contribution is 5.26. The predicted octanol–water partition coefficient (Wildman–Crippen LogP) is 2.06. The largest absolute Gasteiger partial charge is 0.385 e. The van der Waals surface area contributed by atoms with E-state index in [2.05, 4.69) is 10.1 Å². The first-order chi connectivity index (χ1) is 8.53. The molecule has 4 nitrogen and oxygen atoms in total. The van der Waals surface area contributed by atoms with Gasteiger partial charge in [-0.05, 0) is 26.3 Å². The van der Waals surface area contributed by atoms with Crippen LogP contribution < -0.4 is 0 Å². The molecule has 0 radical (unpaired) electrons. The Morgan fingerprint density at radius 2 is 1.94 bits per heavy atom. The molecular formula is C14H19N3O. The van der Waals surface area contributed by atoms with Crippen LogP contribution in [0, 0.1) is 6.92 Å². The lowest BCUT2D eigenvalue weighted by Gasteiger charge is -2.23. The van der Waals surface area contributed by atoms with Crippen LogP contribution in [-0.2, 0) is 18.6 Å². The Hall–Kier alpha value is -1.68. The standard InChI is InChI=1S/C14H19N3O/c1-4-17-13(15-10-16-17)9-14(3,18)12-7-5-11(2)6-8-12/h5-8,10,18H,4,9H2,1-3H3. The predicted molar refractivity (Wildman–Crippen MR) is 70.1 cm³/mol. The van der Waals surface area contributed by atoms with Crippen LogP contribution in [0.1, 0.15) is 30.8 Å². The zero-order valence-electron chi connectivity index (χ0n) is 11.1. The molecule has 1 atom stereocenters. The number of rotatable bonds is 4. The van der Waals surface area contributed by atoms with Gasteiger partial charge in [0.15, 0.2) is 0 Å². The Bertz CT molecular complexity index is 514. The van der Waals surface area contributed by atoms with E-state index in [1.54, 1.807) is 0 Å². The van der Waals surface area contributed by atoms with Gasteiger partial charge in [0, 0.05) is 13.0 Å². The van der Waals surface area contributed by atoms with Crippen LogP contribution in [0.2, 0.25) is 0 Å². The van der Waals surface area contributed by atoms with E-state index in [1.807, 2.05) is 49.7 Å². The monoisotopic (exact) mass is 245 g/mol. The Balaban J connectivity index is 2.23. The minimum absolute atomic E-state index is 0.462. The third kappa shape index (κ3) is 2.59. The van der Waals surface area contributed by atoms with Crippen molar-refractivity contribution in [3.05, 3.63) is 47.5 Å². The van der Waals surface area contributed by atoms with Crippen LogP contribution >= 0.6 is 0 Å². The lowest BCUT2D eigenvalue weighted by molar-refractivity contribution is 0.0543. The summed E-state index contributed by atoms with van der Waals surface area (Å²) in [5.74, 6) is 0.808. The van der Waals surface area contributed by atoms with E-state index in [4.69, 9.17) is 0 Å². The van der Waals surface area contributed by atoms with E-state index in [0.717, 1.165) is 17.9 Å². The second-order valence-corrected chi connectivity index (χ2v) is 4.81. The van der Waals surface area contributed by atoms with Crippen LogP contribution in [0.15, 0.2) is 30.6 Å². The normalized spacial score (nSPS) is 14.4. The first kappa shape index (κ1) is 12.8. The summed E-state index contributed by atoms with van der Waals surface area (Å²) in [6.45, 7) is 6.62. The molecule has 0 aliphatic heterocycles. The van der Waals surface area contributed by atoms with Crippen molar-refractivity contribution in [2.45, 2.75) is 39.3 Å². The van der Waals surface area contributed by atoms with Gasteiger partial charge < -0.3 is 5.11 Å². The number of aliphatic hydroxyl groups is 1. The van der Waals surface area contributed by atoms with Gasteiger partial charge in [0.25, 0.3) is 0 Å². The highest BCUT2D eigenvalue weighted by atomic mass is 16.3. The van der Waals surface area contributed by atoms with Crippen molar-refractivity contribution in [1.82, 2.24) is 14.8 Å². The highest BCUT2D eigenvalue weighted by Gasteiger charge is 2.25. The average Bonchev–Trinajstić information content (AvgIpc) is 2.76. The molecule has 18 heavy (non-hydrogen) atoms. The molecule has 4 heteroatoms. The number of hydrogen-bond acceptors (Lipinski definition) is 3. The minimum Gasteiger partial charge on any atom is -0.385 e. The molecule has 1 aromatic heterocycles. The molecule has 1 heterocycles. The zero-order valence-corrected chi connectivity index (χ0v) is 11.1. The Kier molecular flexibility index (Phi) is 3.48. The van der Waals surface area contributed by atoms with E-state index in [1.165, 1.54) is 11.9 Å². The van der Waals surface area contributed by atoms with Crippen LogP contribution in [-0.4, -0.2) is 19.9 Å². The second-order valence-electron chi connectivity index (χ2n) is 4.81. The first-order valence-corrected chi connectivity index (χ1v) is 6.19. The van der Waals surface area contributed by atoms with Crippen molar-refractivity contribution in [2.75, 3.05) is 0 Å². The summed E-state index contributed by atoms with van der Waals surface area (Å²) >= 11 is 0. The van der Waals surface area contributed by atoms with Gasteiger partial charge in [0.1, 0.15) is 12.2 Å². The van der Waals surface area contributed by atoms with Gasteiger partial charge in [-0.25, -0.2) is 4.98 Å². The summed E-state index contributed by atoms with van der Waals surface area (Å²) < 4.78 is 1.81. The van der Waals surface area contributed by atoms with Crippen molar-refractivity contribution in [3.63, 3.8) is 0 Å². The zero-order chi connectivity index (χ0) is 13.2. The third-order valence-corrected chi connectivity index (χ3v) is 3.17. The van der Waals surface area contributed by atoms with E-state index in [0.29, 0.717) is 6.42 Å². The van der Waals surface area contributed by atoms with E-state index in [-0.39, 0.29) is 0 Å². The molecule has 2 aromatic rings. The Labute approximate surface area is 107 Å². The fourth-order valence-corrected chi connectivity index (χ4v) is 2.01. The van der Waals surface area contributed by atoms with E-state index >= 15 is 0 Å². The molecule has 0 fully saturated rings. The maximum atomic E-state index is 10.6. The second kappa shape index (κ2) is 4.90. The summed E-state index contributed by atoms with van der Waals surface area (Å²) in [7, 11) is 0. The average molecular weight is 245 g/mol. The van der Waals surface area contributed by atoms with Gasteiger partial charge in [-0.1, -0.05) is 29.8 Å². The summed E-state index contributed by atoms with van der Waals surface area (Å²) in [6, 6.07) is 7.94. The Morgan fingerprint density at radius 3 is 2.56 bits per heavy atom. The maximum Gasteiger partial charge on any atom is 0.138 e. The SMILES string of the molecule is CCn1ncnc1CC(C)(O)c1ccc(C)cc1. The number of aryl methyl sites for hydroxylation is 2. The summed E-state index contributed by atoms with van der Waals surface area (Å²) in [6.07, 6.45) is 1.99. The number of aromatic nitrogens is 3. The minimum atomic E-state index is -0.923. The summed E-state index contributed by atoms with van der Waals surface area (Å²) in [5.41, 5.74) is 1.17. The molecular weight excluding hydrogens is 226 g/mol. The van der Waals surface area contributed by atoms with Gasteiger partial charge in [-0.3, -0.25) is 4.68 Å². The molecule has 0 aliphatic rings. The molecule has 1 unspecified atom stereocenters. The molecule has 2 rings (SSSR count). The molecule has 1 aromatic carbocycles. The van der Waals surface area contributed by atoms with E-state index < -0.39 is 5.60 Å². The topological polar surface area (TPSA) is 50.9 Å². The fraction of sp³-hybridized carbons (Fsp3) is 0.429. The van der Waals surface area contributed by atoms with Gasteiger partial charge in [-0.2, -0.15) is 5.10 Å². The molecule has 96 valence electrons. The van der Waals surface area contributed by atoms with Gasteiger partial charge in [0.2, 0.25) is 0 Å². The van der Waals surface area contributed by atoms with Crippen molar-refractivity contribution in [1.29, 1.82) is 0 Å².